The molecule has 0 saturated heterocycles. The molecule has 0 radical (unpaired) electrons. The third-order valence-electron chi connectivity index (χ3n) is 3.75. The van der Waals surface area contributed by atoms with Crippen molar-refractivity contribution >= 4 is 23.9 Å². The molecule has 28 heavy (non-hydrogen) atoms. The molecule has 2 aromatic carbocycles. The molecule has 0 aromatic heterocycles. The number of aromatic carboxylic acids is 2. The molecule has 0 aliphatic rings. The predicted octanol–water partition coefficient (Wildman–Crippen LogP) is 1.54. The lowest BCUT2D eigenvalue weighted by Crippen LogP contribution is -2.25. The maximum atomic E-state index is 12.0. The molecule has 1 N–H and O–H groups in total. The summed E-state index contributed by atoms with van der Waals surface area (Å²) in [5, 5.41) is 20.0. The number of carboxylic acids is 2. The van der Waals surface area contributed by atoms with Gasteiger partial charge in [-0.05, 0) is 31.0 Å². The summed E-state index contributed by atoms with van der Waals surface area (Å²) in [5.41, 5.74) is -0.536. The molecule has 2 rings (SSSR count). The van der Waals surface area contributed by atoms with Gasteiger partial charge in [0.1, 0.15) is 0 Å². The van der Waals surface area contributed by atoms with Crippen LogP contribution in [0, 0.1) is 0 Å². The molecule has 0 aliphatic heterocycles. The number of hydrogen-bond donors (Lipinski definition) is 1. The van der Waals surface area contributed by atoms with Gasteiger partial charge < -0.3 is 24.5 Å². The number of carbonyl (C=O) groups is 4. The predicted molar refractivity (Wildman–Crippen MR) is 94.0 cm³/mol. The molecule has 0 unspecified atom stereocenters. The molecule has 0 aliphatic carbocycles. The number of ether oxygens (including phenoxy) is 2. The Morgan fingerprint density at radius 2 is 1.11 bits per heavy atom. The molecule has 0 amide bonds. The number of hydrogen-bond acceptors (Lipinski definition) is 7. The quantitative estimate of drug-likeness (QED) is 0.508. The van der Waals surface area contributed by atoms with Crippen molar-refractivity contribution in [2.24, 2.45) is 0 Å². The molecule has 8 nitrogen and oxygen atoms in total. The number of carboxylic acid groups (broad SMARTS) is 2. The first kappa shape index (κ1) is 20.6. The van der Waals surface area contributed by atoms with Crippen molar-refractivity contribution in [3.63, 3.8) is 0 Å². The van der Waals surface area contributed by atoms with Crippen molar-refractivity contribution in [2.45, 2.75) is 12.8 Å². The van der Waals surface area contributed by atoms with E-state index in [-0.39, 0.29) is 35.5 Å². The largest absolute Gasteiger partial charge is 0.545 e. The standard InChI is InChI=1S/C20H18O8/c21-17(22)13-7-1-3-9-15(13)19(25)27-11-5-6-12-28-20(26)16-10-4-2-8-14(16)18(23)24/h1-4,7-10H,5-6,11-12H2,(H,21,22)(H,23,24)/p-1. The lowest BCUT2D eigenvalue weighted by Gasteiger charge is -2.10. The Kier molecular flexibility index (Phi) is 7.27. The number of unbranched alkanes of at least 4 members (excludes halogenated alkanes) is 1. The highest BCUT2D eigenvalue weighted by molar-refractivity contribution is 6.02. The van der Waals surface area contributed by atoms with Crippen LogP contribution in [0.4, 0.5) is 0 Å². The third-order valence-corrected chi connectivity index (χ3v) is 3.75. The van der Waals surface area contributed by atoms with Crippen molar-refractivity contribution in [3.05, 3.63) is 70.8 Å². The fraction of sp³-hybridized carbons (Fsp3) is 0.200. The Morgan fingerprint density at radius 1 is 0.714 bits per heavy atom. The summed E-state index contributed by atoms with van der Waals surface area (Å²) in [6.45, 7) is 0.0173. The first-order valence-electron chi connectivity index (χ1n) is 8.38. The first-order chi connectivity index (χ1) is 13.4. The van der Waals surface area contributed by atoms with Gasteiger partial charge in [0.2, 0.25) is 0 Å². The molecular formula is C20H17O8-. The van der Waals surface area contributed by atoms with Crippen molar-refractivity contribution in [2.75, 3.05) is 13.2 Å². The Labute approximate surface area is 160 Å². The van der Waals surface area contributed by atoms with Crippen LogP contribution < -0.4 is 5.11 Å². The van der Waals surface area contributed by atoms with Crippen LogP contribution in [0.2, 0.25) is 0 Å². The van der Waals surface area contributed by atoms with Gasteiger partial charge >= 0.3 is 17.9 Å². The van der Waals surface area contributed by atoms with E-state index in [1.54, 1.807) is 0 Å². The molecule has 0 heterocycles. The molecule has 2 aromatic rings. The Morgan fingerprint density at radius 3 is 1.54 bits per heavy atom. The lowest BCUT2D eigenvalue weighted by atomic mass is 10.1. The molecule has 0 fully saturated rings. The van der Waals surface area contributed by atoms with Gasteiger partial charge in [-0.3, -0.25) is 0 Å². The van der Waals surface area contributed by atoms with Gasteiger partial charge in [0.15, 0.2) is 0 Å². The Bertz CT molecular complexity index is 814. The number of carbonyl (C=O) groups excluding carboxylic acids is 3. The molecule has 0 saturated carbocycles. The minimum atomic E-state index is -1.47. The van der Waals surface area contributed by atoms with E-state index >= 15 is 0 Å². The molecule has 0 atom stereocenters. The van der Waals surface area contributed by atoms with E-state index in [0.29, 0.717) is 12.8 Å². The maximum absolute atomic E-state index is 12.0. The van der Waals surface area contributed by atoms with E-state index in [4.69, 9.17) is 14.6 Å². The number of esters is 2. The summed E-state index contributed by atoms with van der Waals surface area (Å²) < 4.78 is 10.0. The normalized spacial score (nSPS) is 10.1. The lowest BCUT2D eigenvalue weighted by molar-refractivity contribution is -0.255. The van der Waals surface area contributed by atoms with E-state index in [9.17, 15) is 24.3 Å². The summed E-state index contributed by atoms with van der Waals surface area (Å²) in [4.78, 5) is 46.0. The highest BCUT2D eigenvalue weighted by atomic mass is 16.5. The van der Waals surface area contributed by atoms with E-state index < -0.39 is 23.9 Å². The maximum Gasteiger partial charge on any atom is 0.339 e. The molecule has 0 spiro atoms. The highest BCUT2D eigenvalue weighted by Crippen LogP contribution is 2.12. The van der Waals surface area contributed by atoms with Crippen LogP contribution in [0.5, 0.6) is 0 Å². The second kappa shape index (κ2) is 9.86. The van der Waals surface area contributed by atoms with Gasteiger partial charge in [-0.15, -0.1) is 0 Å². The molecule has 8 heteroatoms. The van der Waals surface area contributed by atoms with Crippen LogP contribution in [0.25, 0.3) is 0 Å². The van der Waals surface area contributed by atoms with E-state index in [1.165, 1.54) is 48.5 Å². The van der Waals surface area contributed by atoms with Crippen molar-refractivity contribution < 1.29 is 38.9 Å². The van der Waals surface area contributed by atoms with Crippen molar-refractivity contribution in [1.29, 1.82) is 0 Å². The average Bonchev–Trinajstić information content (AvgIpc) is 2.70. The van der Waals surface area contributed by atoms with Gasteiger partial charge in [-0.25, -0.2) is 14.4 Å². The Hall–Kier alpha value is -3.68. The first-order valence-corrected chi connectivity index (χ1v) is 8.38. The zero-order valence-corrected chi connectivity index (χ0v) is 14.8. The summed E-state index contributed by atoms with van der Waals surface area (Å²) in [6, 6.07) is 11.3. The van der Waals surface area contributed by atoms with E-state index in [0.717, 1.165) is 0 Å². The van der Waals surface area contributed by atoms with Crippen LogP contribution in [-0.2, 0) is 9.47 Å². The van der Waals surface area contributed by atoms with Gasteiger partial charge in [-0.1, -0.05) is 30.3 Å². The monoisotopic (exact) mass is 385 g/mol. The zero-order valence-electron chi connectivity index (χ0n) is 14.8. The van der Waals surface area contributed by atoms with Crippen LogP contribution in [0.1, 0.15) is 54.3 Å². The van der Waals surface area contributed by atoms with E-state index in [2.05, 4.69) is 0 Å². The Balaban J connectivity index is 1.76. The zero-order chi connectivity index (χ0) is 20.5. The van der Waals surface area contributed by atoms with Crippen molar-refractivity contribution in [3.8, 4) is 0 Å². The van der Waals surface area contributed by atoms with Gasteiger partial charge in [0.05, 0.1) is 35.9 Å². The van der Waals surface area contributed by atoms with Crippen LogP contribution in [0.15, 0.2) is 48.5 Å². The van der Waals surface area contributed by atoms with Crippen LogP contribution in [0.3, 0.4) is 0 Å². The van der Waals surface area contributed by atoms with Gasteiger partial charge in [-0.2, -0.15) is 0 Å². The molecule has 0 bridgehead atoms. The van der Waals surface area contributed by atoms with Gasteiger partial charge in [0.25, 0.3) is 0 Å². The SMILES string of the molecule is O=C([O-])c1ccccc1C(=O)OCCCCOC(=O)c1ccccc1C(=O)O. The van der Waals surface area contributed by atoms with Crippen molar-refractivity contribution in [1.82, 2.24) is 0 Å². The summed E-state index contributed by atoms with van der Waals surface area (Å²) in [5.74, 6) is -4.23. The average molecular weight is 385 g/mol. The fourth-order valence-corrected chi connectivity index (χ4v) is 2.38. The van der Waals surface area contributed by atoms with Gasteiger partial charge in [0, 0.05) is 5.56 Å². The summed E-state index contributed by atoms with van der Waals surface area (Å²) in [6.07, 6.45) is 0.740. The van der Waals surface area contributed by atoms with E-state index in [1.807, 2.05) is 0 Å². The topological polar surface area (TPSA) is 130 Å². The minimum Gasteiger partial charge on any atom is -0.545 e. The van der Waals surface area contributed by atoms with Crippen LogP contribution in [-0.4, -0.2) is 42.2 Å². The number of rotatable bonds is 9. The fourth-order valence-electron chi connectivity index (χ4n) is 2.38. The number of benzene rings is 2. The summed E-state index contributed by atoms with van der Waals surface area (Å²) in [7, 11) is 0. The highest BCUT2D eigenvalue weighted by Gasteiger charge is 2.17. The second-order valence-electron chi connectivity index (χ2n) is 5.66. The smallest absolute Gasteiger partial charge is 0.339 e. The second-order valence-corrected chi connectivity index (χ2v) is 5.66. The van der Waals surface area contributed by atoms with Crippen LogP contribution >= 0.6 is 0 Å². The minimum absolute atomic E-state index is 0.00345. The summed E-state index contributed by atoms with van der Waals surface area (Å²) >= 11 is 0. The molecular weight excluding hydrogens is 368 g/mol. The molecule has 146 valence electrons. The third kappa shape index (κ3) is 5.41.